The molecule has 0 fully saturated rings. The van der Waals surface area contributed by atoms with Gasteiger partial charge in [0.2, 0.25) is 0 Å². The molecular weight excluding hydrogens is 234 g/mol. The Morgan fingerprint density at radius 1 is 1.00 bits per heavy atom. The lowest BCUT2D eigenvalue weighted by Crippen LogP contribution is -2.02. The molecule has 2 aromatic carbocycles. The highest BCUT2D eigenvalue weighted by molar-refractivity contribution is 5.51. The van der Waals surface area contributed by atoms with Crippen molar-refractivity contribution in [2.24, 2.45) is 0 Å². The Balaban J connectivity index is 2.01. The Morgan fingerprint density at radius 3 is 2.42 bits per heavy atom. The van der Waals surface area contributed by atoms with Gasteiger partial charge in [0, 0.05) is 12.2 Å². The highest BCUT2D eigenvalue weighted by atomic mass is 16.5. The fourth-order valence-corrected chi connectivity index (χ4v) is 2.12. The fourth-order valence-electron chi connectivity index (χ4n) is 2.12. The van der Waals surface area contributed by atoms with Crippen LogP contribution in [0.15, 0.2) is 48.5 Å². The molecule has 0 aliphatic carbocycles. The summed E-state index contributed by atoms with van der Waals surface area (Å²) in [6.07, 6.45) is 2.28. The molecule has 19 heavy (non-hydrogen) atoms. The SMILES string of the molecule is CCCc1ccccc1NCc1ccc(OC)cc1. The summed E-state index contributed by atoms with van der Waals surface area (Å²) in [5.41, 5.74) is 3.88. The molecule has 0 aliphatic rings. The van der Waals surface area contributed by atoms with E-state index >= 15 is 0 Å². The van der Waals surface area contributed by atoms with E-state index in [1.165, 1.54) is 23.2 Å². The summed E-state index contributed by atoms with van der Waals surface area (Å²) in [5, 5.41) is 3.51. The Hall–Kier alpha value is -1.96. The number of aryl methyl sites for hydroxylation is 1. The number of anilines is 1. The molecule has 0 amide bonds. The van der Waals surface area contributed by atoms with Gasteiger partial charge in [-0.2, -0.15) is 0 Å². The first-order chi connectivity index (χ1) is 9.33. The number of methoxy groups -OCH3 is 1. The zero-order chi connectivity index (χ0) is 13.5. The van der Waals surface area contributed by atoms with Gasteiger partial charge < -0.3 is 10.1 Å². The van der Waals surface area contributed by atoms with Crippen LogP contribution in [0.3, 0.4) is 0 Å². The van der Waals surface area contributed by atoms with Crippen LogP contribution >= 0.6 is 0 Å². The van der Waals surface area contributed by atoms with Gasteiger partial charge in [-0.15, -0.1) is 0 Å². The van der Waals surface area contributed by atoms with E-state index in [2.05, 4.69) is 48.6 Å². The lowest BCUT2D eigenvalue weighted by atomic mass is 10.1. The molecule has 0 bridgehead atoms. The molecule has 0 spiro atoms. The molecule has 0 heterocycles. The van der Waals surface area contributed by atoms with Crippen LogP contribution in [0.4, 0.5) is 5.69 Å². The van der Waals surface area contributed by atoms with E-state index in [9.17, 15) is 0 Å². The molecule has 0 radical (unpaired) electrons. The quantitative estimate of drug-likeness (QED) is 0.832. The number of benzene rings is 2. The molecule has 0 aliphatic heterocycles. The lowest BCUT2D eigenvalue weighted by Gasteiger charge is -2.11. The fraction of sp³-hybridized carbons (Fsp3) is 0.294. The van der Waals surface area contributed by atoms with E-state index in [0.29, 0.717) is 0 Å². The molecule has 2 heteroatoms. The molecule has 0 saturated heterocycles. The summed E-state index contributed by atoms with van der Waals surface area (Å²) in [6.45, 7) is 3.05. The van der Waals surface area contributed by atoms with E-state index in [1.54, 1.807) is 7.11 Å². The van der Waals surface area contributed by atoms with Crippen LogP contribution in [0, 0.1) is 0 Å². The van der Waals surface area contributed by atoms with Gasteiger partial charge in [-0.05, 0) is 35.7 Å². The maximum atomic E-state index is 5.16. The minimum absolute atomic E-state index is 0.838. The van der Waals surface area contributed by atoms with Crippen molar-refractivity contribution in [2.75, 3.05) is 12.4 Å². The van der Waals surface area contributed by atoms with Gasteiger partial charge >= 0.3 is 0 Å². The molecule has 0 aromatic heterocycles. The van der Waals surface area contributed by atoms with Crippen molar-refractivity contribution >= 4 is 5.69 Å². The molecule has 0 saturated carbocycles. The van der Waals surface area contributed by atoms with Crippen molar-refractivity contribution in [2.45, 2.75) is 26.3 Å². The van der Waals surface area contributed by atoms with Crippen LogP contribution in [-0.4, -0.2) is 7.11 Å². The van der Waals surface area contributed by atoms with E-state index < -0.39 is 0 Å². The van der Waals surface area contributed by atoms with Crippen molar-refractivity contribution < 1.29 is 4.74 Å². The summed E-state index contributed by atoms with van der Waals surface area (Å²) < 4.78 is 5.16. The molecule has 2 aromatic rings. The van der Waals surface area contributed by atoms with Gasteiger partial charge in [-0.25, -0.2) is 0 Å². The number of hydrogen-bond acceptors (Lipinski definition) is 2. The van der Waals surface area contributed by atoms with E-state index in [4.69, 9.17) is 4.74 Å². The number of nitrogens with one attached hydrogen (secondary N) is 1. The van der Waals surface area contributed by atoms with Crippen molar-refractivity contribution in [3.63, 3.8) is 0 Å². The van der Waals surface area contributed by atoms with Gasteiger partial charge in [0.15, 0.2) is 0 Å². The minimum Gasteiger partial charge on any atom is -0.497 e. The molecule has 0 atom stereocenters. The van der Waals surface area contributed by atoms with Gasteiger partial charge in [0.05, 0.1) is 7.11 Å². The smallest absolute Gasteiger partial charge is 0.118 e. The number of para-hydroxylation sites is 1. The minimum atomic E-state index is 0.838. The second kappa shape index (κ2) is 6.83. The summed E-state index contributed by atoms with van der Waals surface area (Å²) in [5.74, 6) is 0.898. The van der Waals surface area contributed by atoms with Crippen molar-refractivity contribution in [3.8, 4) is 5.75 Å². The number of rotatable bonds is 6. The van der Waals surface area contributed by atoms with E-state index in [1.807, 2.05) is 12.1 Å². The van der Waals surface area contributed by atoms with E-state index in [-0.39, 0.29) is 0 Å². The Labute approximate surface area is 115 Å². The van der Waals surface area contributed by atoms with Crippen molar-refractivity contribution in [3.05, 3.63) is 59.7 Å². The topological polar surface area (TPSA) is 21.3 Å². The first-order valence-electron chi connectivity index (χ1n) is 6.78. The largest absolute Gasteiger partial charge is 0.497 e. The van der Waals surface area contributed by atoms with Crippen LogP contribution in [0.1, 0.15) is 24.5 Å². The molecular formula is C17H21NO. The average Bonchev–Trinajstić information content (AvgIpc) is 2.47. The average molecular weight is 255 g/mol. The highest BCUT2D eigenvalue weighted by Gasteiger charge is 2.00. The first-order valence-corrected chi connectivity index (χ1v) is 6.78. The van der Waals surface area contributed by atoms with Crippen LogP contribution in [-0.2, 0) is 13.0 Å². The predicted octanol–water partition coefficient (Wildman–Crippen LogP) is 4.26. The summed E-state index contributed by atoms with van der Waals surface area (Å²) >= 11 is 0. The molecule has 1 N–H and O–H groups in total. The Bertz CT molecular complexity index is 505. The maximum absolute atomic E-state index is 5.16. The zero-order valence-corrected chi connectivity index (χ0v) is 11.6. The summed E-state index contributed by atoms with van der Waals surface area (Å²) in [7, 11) is 1.69. The zero-order valence-electron chi connectivity index (χ0n) is 11.6. The molecule has 100 valence electrons. The summed E-state index contributed by atoms with van der Waals surface area (Å²) in [4.78, 5) is 0. The van der Waals surface area contributed by atoms with Gasteiger partial charge in [0.25, 0.3) is 0 Å². The normalized spacial score (nSPS) is 10.2. The monoisotopic (exact) mass is 255 g/mol. The Kier molecular flexibility index (Phi) is 4.85. The van der Waals surface area contributed by atoms with Gasteiger partial charge in [-0.3, -0.25) is 0 Å². The Morgan fingerprint density at radius 2 is 1.74 bits per heavy atom. The summed E-state index contributed by atoms with van der Waals surface area (Å²) in [6, 6.07) is 16.7. The maximum Gasteiger partial charge on any atom is 0.118 e. The van der Waals surface area contributed by atoms with Crippen LogP contribution < -0.4 is 10.1 Å². The van der Waals surface area contributed by atoms with Gasteiger partial charge in [-0.1, -0.05) is 43.7 Å². The van der Waals surface area contributed by atoms with Crippen LogP contribution in [0.2, 0.25) is 0 Å². The molecule has 2 rings (SSSR count). The van der Waals surface area contributed by atoms with Crippen molar-refractivity contribution in [1.29, 1.82) is 0 Å². The number of ether oxygens (including phenoxy) is 1. The van der Waals surface area contributed by atoms with Crippen LogP contribution in [0.25, 0.3) is 0 Å². The standard InChI is InChI=1S/C17H21NO/c1-3-6-15-7-4-5-8-17(15)18-13-14-9-11-16(19-2)12-10-14/h4-5,7-12,18H,3,6,13H2,1-2H3. The third kappa shape index (κ3) is 3.75. The third-order valence-corrected chi connectivity index (χ3v) is 3.18. The van der Waals surface area contributed by atoms with Crippen molar-refractivity contribution in [1.82, 2.24) is 0 Å². The molecule has 0 unspecified atom stereocenters. The van der Waals surface area contributed by atoms with Gasteiger partial charge in [0.1, 0.15) is 5.75 Å². The second-order valence-corrected chi connectivity index (χ2v) is 4.61. The highest BCUT2D eigenvalue weighted by Crippen LogP contribution is 2.18. The lowest BCUT2D eigenvalue weighted by molar-refractivity contribution is 0.414. The van der Waals surface area contributed by atoms with E-state index in [0.717, 1.165) is 18.7 Å². The van der Waals surface area contributed by atoms with Crippen LogP contribution in [0.5, 0.6) is 5.75 Å². The predicted molar refractivity (Wildman–Crippen MR) is 80.8 cm³/mol. The second-order valence-electron chi connectivity index (χ2n) is 4.61. The third-order valence-electron chi connectivity index (χ3n) is 3.18. The first kappa shape index (κ1) is 13.5. The molecule has 2 nitrogen and oxygen atoms in total. The number of hydrogen-bond donors (Lipinski definition) is 1.